The number of hydrogen-bond acceptors (Lipinski definition) is 2. The van der Waals surface area contributed by atoms with Crippen molar-refractivity contribution in [2.75, 3.05) is 0 Å². The Morgan fingerprint density at radius 3 is 2.35 bits per heavy atom. The molecule has 126 valence electrons. The van der Waals surface area contributed by atoms with Crippen LogP contribution in [0.25, 0.3) is 34.4 Å². The first-order chi connectivity index (χ1) is 12.7. The molecular weight excluding hydrogens is 324 g/mol. The van der Waals surface area contributed by atoms with Crippen molar-refractivity contribution in [2.45, 2.75) is 0 Å². The van der Waals surface area contributed by atoms with E-state index in [1.54, 1.807) is 24.3 Å². The van der Waals surface area contributed by atoms with Gasteiger partial charge in [0, 0.05) is 10.9 Å². The van der Waals surface area contributed by atoms with Crippen molar-refractivity contribution in [1.82, 2.24) is 0 Å². The maximum atomic E-state index is 10.9. The zero-order valence-corrected chi connectivity index (χ0v) is 13.9. The molecule has 0 saturated carbocycles. The summed E-state index contributed by atoms with van der Waals surface area (Å²) >= 11 is 0. The second kappa shape index (κ2) is 6.73. The van der Waals surface area contributed by atoms with Crippen molar-refractivity contribution in [3.05, 3.63) is 95.6 Å². The molecule has 4 aromatic rings. The van der Waals surface area contributed by atoms with E-state index in [1.165, 1.54) is 0 Å². The SMILES string of the molecule is O=C(O)c1ccc(C=Cc2ccccc2-c2cc3ccccc3o2)cc1. The van der Waals surface area contributed by atoms with Crippen molar-refractivity contribution in [1.29, 1.82) is 0 Å². The van der Waals surface area contributed by atoms with Crippen LogP contribution in [0.15, 0.2) is 83.3 Å². The largest absolute Gasteiger partial charge is 0.478 e. The molecule has 1 aromatic heterocycles. The molecular formula is C23H16O3. The van der Waals surface area contributed by atoms with Crippen molar-refractivity contribution < 1.29 is 14.3 Å². The third-order valence-corrected chi connectivity index (χ3v) is 4.26. The van der Waals surface area contributed by atoms with Crippen molar-refractivity contribution in [3.63, 3.8) is 0 Å². The van der Waals surface area contributed by atoms with Gasteiger partial charge in [-0.15, -0.1) is 0 Å². The van der Waals surface area contributed by atoms with Crippen LogP contribution in [0.4, 0.5) is 0 Å². The Labute approximate surface area is 150 Å². The number of para-hydroxylation sites is 1. The fourth-order valence-corrected chi connectivity index (χ4v) is 2.90. The maximum absolute atomic E-state index is 10.9. The number of rotatable bonds is 4. The second-order valence-electron chi connectivity index (χ2n) is 6.00. The van der Waals surface area contributed by atoms with E-state index in [2.05, 4.69) is 0 Å². The Morgan fingerprint density at radius 2 is 1.58 bits per heavy atom. The van der Waals surface area contributed by atoms with Gasteiger partial charge in [0.25, 0.3) is 0 Å². The summed E-state index contributed by atoms with van der Waals surface area (Å²) in [5.41, 5.74) is 4.14. The minimum Gasteiger partial charge on any atom is -0.478 e. The highest BCUT2D eigenvalue weighted by atomic mass is 16.4. The van der Waals surface area contributed by atoms with Gasteiger partial charge in [-0.2, -0.15) is 0 Å². The van der Waals surface area contributed by atoms with Gasteiger partial charge in [-0.1, -0.05) is 66.7 Å². The number of benzene rings is 3. The number of carboxylic acid groups (broad SMARTS) is 1. The molecule has 0 aliphatic rings. The first-order valence-corrected chi connectivity index (χ1v) is 8.30. The molecule has 4 rings (SSSR count). The van der Waals surface area contributed by atoms with Crippen LogP contribution in [0.5, 0.6) is 0 Å². The summed E-state index contributed by atoms with van der Waals surface area (Å²) in [5, 5.41) is 10.1. The lowest BCUT2D eigenvalue weighted by Gasteiger charge is -2.03. The minimum atomic E-state index is -0.921. The highest BCUT2D eigenvalue weighted by Crippen LogP contribution is 2.30. The lowest BCUT2D eigenvalue weighted by molar-refractivity contribution is 0.0697. The van der Waals surface area contributed by atoms with Crippen LogP contribution in [0, 0.1) is 0 Å². The molecule has 0 radical (unpaired) electrons. The molecule has 0 fully saturated rings. The average Bonchev–Trinajstić information content (AvgIpc) is 3.11. The van der Waals surface area contributed by atoms with E-state index in [9.17, 15) is 4.79 Å². The summed E-state index contributed by atoms with van der Waals surface area (Å²) in [6.45, 7) is 0. The topological polar surface area (TPSA) is 50.4 Å². The molecule has 0 unspecified atom stereocenters. The van der Waals surface area contributed by atoms with Crippen LogP contribution < -0.4 is 0 Å². The number of carboxylic acids is 1. The molecule has 26 heavy (non-hydrogen) atoms. The molecule has 3 heteroatoms. The molecule has 0 atom stereocenters. The summed E-state index contributed by atoms with van der Waals surface area (Å²) in [7, 11) is 0. The first kappa shape index (κ1) is 15.9. The number of fused-ring (bicyclic) bond motifs is 1. The average molecular weight is 340 g/mol. The number of hydrogen-bond donors (Lipinski definition) is 1. The smallest absolute Gasteiger partial charge is 0.335 e. The van der Waals surface area contributed by atoms with Gasteiger partial charge < -0.3 is 9.52 Å². The van der Waals surface area contributed by atoms with Crippen molar-refractivity contribution in [2.24, 2.45) is 0 Å². The predicted molar refractivity (Wildman–Crippen MR) is 104 cm³/mol. The molecule has 0 aliphatic heterocycles. The van der Waals surface area contributed by atoms with Gasteiger partial charge in [0.1, 0.15) is 11.3 Å². The lowest BCUT2D eigenvalue weighted by atomic mass is 10.0. The van der Waals surface area contributed by atoms with E-state index < -0.39 is 5.97 Å². The zero-order valence-electron chi connectivity index (χ0n) is 13.9. The monoisotopic (exact) mass is 340 g/mol. The van der Waals surface area contributed by atoms with Crippen LogP contribution in [0.1, 0.15) is 21.5 Å². The van der Waals surface area contributed by atoms with E-state index in [0.29, 0.717) is 0 Å². The normalized spacial score (nSPS) is 11.2. The Balaban J connectivity index is 1.68. The molecule has 3 aromatic carbocycles. The fourth-order valence-electron chi connectivity index (χ4n) is 2.90. The molecule has 1 heterocycles. The fraction of sp³-hybridized carbons (Fsp3) is 0. The Morgan fingerprint density at radius 1 is 0.846 bits per heavy atom. The summed E-state index contributed by atoms with van der Waals surface area (Å²) in [4.78, 5) is 10.9. The van der Waals surface area contributed by atoms with Crippen LogP contribution in [0.3, 0.4) is 0 Å². The van der Waals surface area contributed by atoms with Crippen LogP contribution in [0.2, 0.25) is 0 Å². The number of aromatic carboxylic acids is 1. The molecule has 0 bridgehead atoms. The van der Waals surface area contributed by atoms with Gasteiger partial charge in [-0.25, -0.2) is 4.79 Å². The van der Waals surface area contributed by atoms with Crippen molar-refractivity contribution >= 4 is 29.1 Å². The van der Waals surface area contributed by atoms with Crippen LogP contribution in [-0.4, -0.2) is 11.1 Å². The van der Waals surface area contributed by atoms with Gasteiger partial charge in [-0.3, -0.25) is 0 Å². The molecule has 0 saturated heterocycles. The molecule has 0 amide bonds. The quantitative estimate of drug-likeness (QED) is 0.466. The van der Waals surface area contributed by atoms with Gasteiger partial charge in [0.05, 0.1) is 5.56 Å². The first-order valence-electron chi connectivity index (χ1n) is 8.30. The Kier molecular flexibility index (Phi) is 4.12. The lowest BCUT2D eigenvalue weighted by Crippen LogP contribution is -1.94. The van der Waals surface area contributed by atoms with Gasteiger partial charge in [-0.05, 0) is 35.4 Å². The van der Waals surface area contributed by atoms with E-state index >= 15 is 0 Å². The third kappa shape index (κ3) is 3.15. The van der Waals surface area contributed by atoms with E-state index in [-0.39, 0.29) is 5.56 Å². The van der Waals surface area contributed by atoms with Crippen LogP contribution in [-0.2, 0) is 0 Å². The van der Waals surface area contributed by atoms with Gasteiger partial charge in [0.15, 0.2) is 0 Å². The third-order valence-electron chi connectivity index (χ3n) is 4.26. The van der Waals surface area contributed by atoms with Crippen LogP contribution >= 0.6 is 0 Å². The molecule has 1 N–H and O–H groups in total. The highest BCUT2D eigenvalue weighted by molar-refractivity contribution is 5.89. The predicted octanol–water partition coefficient (Wildman–Crippen LogP) is 5.97. The standard InChI is InChI=1S/C23H16O3/c24-23(25)18-13-10-16(11-14-18)9-12-17-5-1-3-7-20(17)22-15-19-6-2-4-8-21(19)26-22/h1-15H,(H,24,25). The Bertz CT molecular complexity index is 1070. The van der Waals surface area contributed by atoms with Gasteiger partial charge in [0.2, 0.25) is 0 Å². The second-order valence-corrected chi connectivity index (χ2v) is 6.00. The summed E-state index contributed by atoms with van der Waals surface area (Å²) in [6.07, 6.45) is 3.98. The minimum absolute atomic E-state index is 0.282. The number of furan rings is 1. The zero-order chi connectivity index (χ0) is 17.9. The maximum Gasteiger partial charge on any atom is 0.335 e. The van der Waals surface area contributed by atoms with E-state index in [4.69, 9.17) is 9.52 Å². The molecule has 0 aliphatic carbocycles. The Hall–Kier alpha value is -3.59. The van der Waals surface area contributed by atoms with Crippen molar-refractivity contribution in [3.8, 4) is 11.3 Å². The van der Waals surface area contributed by atoms with E-state index in [0.717, 1.165) is 33.4 Å². The molecule has 0 spiro atoms. The number of carbonyl (C=O) groups is 1. The molecule has 3 nitrogen and oxygen atoms in total. The summed E-state index contributed by atoms with van der Waals surface area (Å²) in [6, 6.07) is 24.8. The summed E-state index contributed by atoms with van der Waals surface area (Å²) < 4.78 is 5.99. The summed E-state index contributed by atoms with van der Waals surface area (Å²) in [5.74, 6) is -0.0940. The van der Waals surface area contributed by atoms with Gasteiger partial charge >= 0.3 is 5.97 Å². The highest BCUT2D eigenvalue weighted by Gasteiger charge is 2.08. The van der Waals surface area contributed by atoms with E-state index in [1.807, 2.05) is 66.7 Å².